The van der Waals surface area contributed by atoms with E-state index in [-0.39, 0.29) is 11.8 Å². The smallest absolute Gasteiger partial charge is 0.220 e. The van der Waals surface area contributed by atoms with Crippen LogP contribution in [0.3, 0.4) is 0 Å². The highest BCUT2D eigenvalue weighted by Crippen LogP contribution is 2.01. The molecule has 0 aliphatic rings. The number of hydrogen-bond acceptors (Lipinski definition) is 2. The zero-order valence-electron chi connectivity index (χ0n) is 11.2. The third kappa shape index (κ3) is 11.2. The SMILES string of the molecule is CCCCCCC(=O)NCCNC(=O)CCC. The van der Waals surface area contributed by atoms with Crippen LogP contribution < -0.4 is 10.6 Å². The molecule has 4 nitrogen and oxygen atoms in total. The maximum absolute atomic E-state index is 11.4. The number of carbonyl (C=O) groups is 2. The van der Waals surface area contributed by atoms with Crippen molar-refractivity contribution in [3.8, 4) is 0 Å². The van der Waals surface area contributed by atoms with E-state index in [9.17, 15) is 9.59 Å². The van der Waals surface area contributed by atoms with E-state index < -0.39 is 0 Å². The molecule has 2 N–H and O–H groups in total. The number of hydrogen-bond donors (Lipinski definition) is 2. The molecule has 0 atom stereocenters. The van der Waals surface area contributed by atoms with Gasteiger partial charge in [0.1, 0.15) is 0 Å². The van der Waals surface area contributed by atoms with Crippen LogP contribution in [0.1, 0.15) is 58.8 Å². The van der Waals surface area contributed by atoms with E-state index in [1.807, 2.05) is 6.92 Å². The van der Waals surface area contributed by atoms with Gasteiger partial charge in [-0.25, -0.2) is 0 Å². The van der Waals surface area contributed by atoms with Gasteiger partial charge in [-0.1, -0.05) is 33.1 Å². The van der Waals surface area contributed by atoms with Crippen LogP contribution in [-0.2, 0) is 9.59 Å². The van der Waals surface area contributed by atoms with Crippen molar-refractivity contribution in [2.24, 2.45) is 0 Å². The lowest BCUT2D eigenvalue weighted by Gasteiger charge is -2.06. The van der Waals surface area contributed by atoms with Crippen molar-refractivity contribution in [1.29, 1.82) is 0 Å². The molecule has 0 bridgehead atoms. The number of rotatable bonds is 10. The number of amides is 2. The minimum Gasteiger partial charge on any atom is -0.354 e. The molecule has 0 rings (SSSR count). The van der Waals surface area contributed by atoms with Crippen LogP contribution in [0.2, 0.25) is 0 Å². The minimum absolute atomic E-state index is 0.0599. The molecule has 0 fully saturated rings. The molecule has 0 aromatic rings. The largest absolute Gasteiger partial charge is 0.354 e. The molecule has 0 unspecified atom stereocenters. The fourth-order valence-electron chi connectivity index (χ4n) is 1.52. The van der Waals surface area contributed by atoms with Crippen molar-refractivity contribution >= 4 is 11.8 Å². The van der Waals surface area contributed by atoms with E-state index in [1.165, 1.54) is 12.8 Å². The summed E-state index contributed by atoms with van der Waals surface area (Å²) in [5, 5.41) is 5.57. The molecule has 100 valence electrons. The molecule has 0 heterocycles. The van der Waals surface area contributed by atoms with Gasteiger partial charge >= 0.3 is 0 Å². The first kappa shape index (κ1) is 15.9. The average molecular weight is 242 g/mol. The Morgan fingerprint density at radius 2 is 1.35 bits per heavy atom. The first-order valence-corrected chi connectivity index (χ1v) is 6.74. The third-order valence-corrected chi connectivity index (χ3v) is 2.50. The topological polar surface area (TPSA) is 58.2 Å². The quantitative estimate of drug-likeness (QED) is 0.576. The zero-order chi connectivity index (χ0) is 12.9. The van der Waals surface area contributed by atoms with Crippen LogP contribution in [0.5, 0.6) is 0 Å². The number of carbonyl (C=O) groups excluding carboxylic acids is 2. The van der Waals surface area contributed by atoms with Crippen molar-refractivity contribution in [1.82, 2.24) is 10.6 Å². The van der Waals surface area contributed by atoms with Gasteiger partial charge in [0, 0.05) is 25.9 Å². The summed E-state index contributed by atoms with van der Waals surface area (Å²) in [6.07, 6.45) is 6.48. The van der Waals surface area contributed by atoms with Crippen LogP contribution in [0.25, 0.3) is 0 Å². The van der Waals surface area contributed by atoms with Gasteiger partial charge in [0.05, 0.1) is 0 Å². The summed E-state index contributed by atoms with van der Waals surface area (Å²) in [5.41, 5.74) is 0. The Balaban J connectivity index is 3.30. The van der Waals surface area contributed by atoms with Gasteiger partial charge in [-0.2, -0.15) is 0 Å². The van der Waals surface area contributed by atoms with Crippen molar-refractivity contribution in [2.75, 3.05) is 13.1 Å². The molecule has 0 spiro atoms. The first-order chi connectivity index (χ1) is 8.20. The Morgan fingerprint density at radius 3 is 1.88 bits per heavy atom. The van der Waals surface area contributed by atoms with E-state index in [0.29, 0.717) is 25.9 Å². The van der Waals surface area contributed by atoms with Gasteiger partial charge < -0.3 is 10.6 Å². The van der Waals surface area contributed by atoms with Gasteiger partial charge in [-0.3, -0.25) is 9.59 Å². The lowest BCUT2D eigenvalue weighted by molar-refractivity contribution is -0.123. The van der Waals surface area contributed by atoms with Crippen molar-refractivity contribution in [2.45, 2.75) is 58.8 Å². The summed E-state index contributed by atoms with van der Waals surface area (Å²) in [6, 6.07) is 0. The second-order valence-corrected chi connectivity index (χ2v) is 4.26. The standard InChI is InChI=1S/C13H26N2O2/c1-3-5-6-7-9-13(17)15-11-10-14-12(16)8-4-2/h3-11H2,1-2H3,(H,14,16)(H,15,17). The van der Waals surface area contributed by atoms with E-state index in [1.54, 1.807) is 0 Å². The fourth-order valence-corrected chi connectivity index (χ4v) is 1.52. The first-order valence-electron chi connectivity index (χ1n) is 6.74. The molecule has 0 saturated carbocycles. The summed E-state index contributed by atoms with van der Waals surface area (Å²) in [7, 11) is 0. The Morgan fingerprint density at radius 1 is 0.765 bits per heavy atom. The molecule has 2 amide bonds. The van der Waals surface area contributed by atoms with E-state index >= 15 is 0 Å². The normalized spacial score (nSPS) is 10.0. The number of nitrogens with one attached hydrogen (secondary N) is 2. The van der Waals surface area contributed by atoms with Gasteiger partial charge in [-0.15, -0.1) is 0 Å². The highest BCUT2D eigenvalue weighted by atomic mass is 16.2. The van der Waals surface area contributed by atoms with Crippen molar-refractivity contribution in [3.05, 3.63) is 0 Å². The lowest BCUT2D eigenvalue weighted by Crippen LogP contribution is -2.34. The molecular formula is C13H26N2O2. The molecular weight excluding hydrogens is 216 g/mol. The van der Waals surface area contributed by atoms with Gasteiger partial charge in [0.15, 0.2) is 0 Å². The molecule has 0 aromatic heterocycles. The summed E-state index contributed by atoms with van der Waals surface area (Å²) in [5.74, 6) is 0.149. The maximum atomic E-state index is 11.4. The summed E-state index contributed by atoms with van der Waals surface area (Å²) in [4.78, 5) is 22.5. The van der Waals surface area contributed by atoms with Crippen LogP contribution >= 0.6 is 0 Å². The van der Waals surface area contributed by atoms with Gasteiger partial charge in [-0.05, 0) is 12.8 Å². The summed E-state index contributed by atoms with van der Waals surface area (Å²) in [6.45, 7) is 5.18. The lowest BCUT2D eigenvalue weighted by atomic mass is 10.1. The maximum Gasteiger partial charge on any atom is 0.220 e. The Kier molecular flexibility index (Phi) is 10.7. The predicted molar refractivity (Wildman–Crippen MR) is 69.7 cm³/mol. The second-order valence-electron chi connectivity index (χ2n) is 4.26. The van der Waals surface area contributed by atoms with Gasteiger partial charge in [0.25, 0.3) is 0 Å². The molecule has 0 aliphatic heterocycles. The van der Waals surface area contributed by atoms with E-state index in [0.717, 1.165) is 19.3 Å². The van der Waals surface area contributed by atoms with Crippen LogP contribution in [-0.4, -0.2) is 24.9 Å². The van der Waals surface area contributed by atoms with Crippen LogP contribution in [0, 0.1) is 0 Å². The van der Waals surface area contributed by atoms with Crippen molar-refractivity contribution in [3.63, 3.8) is 0 Å². The van der Waals surface area contributed by atoms with Gasteiger partial charge in [0.2, 0.25) is 11.8 Å². The molecule has 0 saturated heterocycles. The molecule has 0 aromatic carbocycles. The number of unbranched alkanes of at least 4 members (excludes halogenated alkanes) is 3. The molecule has 0 radical (unpaired) electrons. The highest BCUT2D eigenvalue weighted by molar-refractivity contribution is 5.77. The fraction of sp³-hybridized carbons (Fsp3) is 0.846. The predicted octanol–water partition coefficient (Wildman–Crippen LogP) is 1.99. The zero-order valence-corrected chi connectivity index (χ0v) is 11.2. The Bertz CT molecular complexity index is 217. The summed E-state index contributed by atoms with van der Waals surface area (Å²) >= 11 is 0. The van der Waals surface area contributed by atoms with Crippen LogP contribution in [0.4, 0.5) is 0 Å². The Hall–Kier alpha value is -1.06. The van der Waals surface area contributed by atoms with E-state index in [4.69, 9.17) is 0 Å². The van der Waals surface area contributed by atoms with Crippen molar-refractivity contribution < 1.29 is 9.59 Å². The monoisotopic (exact) mass is 242 g/mol. The third-order valence-electron chi connectivity index (χ3n) is 2.50. The molecule has 17 heavy (non-hydrogen) atoms. The van der Waals surface area contributed by atoms with Crippen LogP contribution in [0.15, 0.2) is 0 Å². The molecule has 0 aliphatic carbocycles. The summed E-state index contributed by atoms with van der Waals surface area (Å²) < 4.78 is 0. The van der Waals surface area contributed by atoms with E-state index in [2.05, 4.69) is 17.6 Å². The highest BCUT2D eigenvalue weighted by Gasteiger charge is 2.01. The molecule has 4 heteroatoms. The average Bonchev–Trinajstić information content (AvgIpc) is 2.31. The Labute approximate surface area is 105 Å². The second kappa shape index (κ2) is 11.4. The minimum atomic E-state index is 0.0599.